The van der Waals surface area contributed by atoms with Crippen molar-refractivity contribution in [2.45, 2.75) is 6.32 Å². The molecule has 28 valence electrons. The summed E-state index contributed by atoms with van der Waals surface area (Å²) in [5.74, 6) is 0. The summed E-state index contributed by atoms with van der Waals surface area (Å²) in [5.41, 5.74) is 0. The summed E-state index contributed by atoms with van der Waals surface area (Å²) in [6.07, 6.45) is 0.264. The van der Waals surface area contributed by atoms with Gasteiger partial charge in [0.1, 0.15) is 0 Å². The van der Waals surface area contributed by atoms with Crippen molar-refractivity contribution in [3.05, 3.63) is 0 Å². The van der Waals surface area contributed by atoms with Crippen LogP contribution in [-0.2, 0) is 4.70 Å². The van der Waals surface area contributed by atoms with E-state index in [-0.39, 0.29) is 12.9 Å². The first-order chi connectivity index (χ1) is 2.41. The molecule has 0 aliphatic rings. The molecule has 0 heterocycles. The first-order valence-electron chi connectivity index (χ1n) is 1.46. The molecule has 5 heavy (non-hydrogen) atoms. The summed E-state index contributed by atoms with van der Waals surface area (Å²) < 4.78 is 9.24. The molecule has 0 amide bonds. The Balaban J connectivity index is 2.40. The van der Waals surface area contributed by atoms with Gasteiger partial charge in [-0.05, 0) is 0 Å². The van der Waals surface area contributed by atoms with Gasteiger partial charge >= 0.3 is 29.9 Å². The Kier molecular flexibility index (Phi) is 3.69. The number of hydrogen-bond acceptors (Lipinski definition) is 2. The molecule has 0 spiro atoms. The second kappa shape index (κ2) is 3.82. The number of aliphatic hydroxyl groups is 1. The summed E-state index contributed by atoms with van der Waals surface area (Å²) in [4.78, 5) is 0. The van der Waals surface area contributed by atoms with Gasteiger partial charge in [-0.25, -0.2) is 0 Å². The van der Waals surface area contributed by atoms with Crippen LogP contribution in [0.3, 0.4) is 0 Å². The maximum atomic E-state index is 9.24. The predicted molar refractivity (Wildman–Crippen MR) is 18.3 cm³/mol. The van der Waals surface area contributed by atoms with Gasteiger partial charge in [-0.1, -0.05) is 0 Å². The van der Waals surface area contributed by atoms with Crippen LogP contribution in [0.2, 0.25) is 6.32 Å². The van der Waals surface area contributed by atoms with Crippen LogP contribution in [0, 0.1) is 0 Å². The van der Waals surface area contributed by atoms with Crippen molar-refractivity contribution in [1.82, 2.24) is 0 Å². The molecular formula is C2H5BO2. The van der Waals surface area contributed by atoms with E-state index in [4.69, 9.17) is 5.11 Å². The van der Waals surface area contributed by atoms with Crippen molar-refractivity contribution in [3.8, 4) is 0 Å². The molecule has 0 atom stereocenters. The fourth-order valence-electron chi connectivity index (χ4n) is 0.0527. The van der Waals surface area contributed by atoms with Gasteiger partial charge < -0.3 is 0 Å². The average molecular weight is 71.9 g/mol. The number of aliphatic hydroxyl groups excluding tert-OH is 1. The molecule has 0 aliphatic carbocycles. The maximum absolute atomic E-state index is 9.24. The molecular weight excluding hydrogens is 66.8 g/mol. The zero-order chi connectivity index (χ0) is 4.12. The minimum atomic E-state index is -0.0243. The Morgan fingerprint density at radius 2 is 2.40 bits per heavy atom. The molecule has 0 unspecified atom stereocenters. The third-order valence-electron chi connectivity index (χ3n) is 0.247. The van der Waals surface area contributed by atoms with E-state index in [0.717, 1.165) is 0 Å². The number of rotatable bonds is 2. The Morgan fingerprint density at radius 1 is 1.80 bits per heavy atom. The third-order valence-corrected chi connectivity index (χ3v) is 0.247. The monoisotopic (exact) mass is 72.0 g/mol. The van der Waals surface area contributed by atoms with E-state index >= 15 is 0 Å². The van der Waals surface area contributed by atoms with Crippen LogP contribution < -0.4 is 0 Å². The van der Waals surface area contributed by atoms with E-state index in [0.29, 0.717) is 7.15 Å². The van der Waals surface area contributed by atoms with E-state index in [1.807, 2.05) is 0 Å². The van der Waals surface area contributed by atoms with Gasteiger partial charge in [0, 0.05) is 0 Å². The van der Waals surface area contributed by atoms with Crippen molar-refractivity contribution in [2.75, 3.05) is 6.61 Å². The molecule has 0 aromatic rings. The number of hydrogen-bond donors (Lipinski definition) is 1. The first-order valence-corrected chi connectivity index (χ1v) is 1.46. The minimum absolute atomic E-state index is 0.0243. The molecule has 0 aromatic heterocycles. The summed E-state index contributed by atoms with van der Waals surface area (Å²) in [5, 5.41) is 7.84. The second-order valence-corrected chi connectivity index (χ2v) is 0.679. The SMILES string of the molecule is O=BCCO. The molecule has 0 rings (SSSR count). The summed E-state index contributed by atoms with van der Waals surface area (Å²) in [7, 11) is 0.681. The van der Waals surface area contributed by atoms with Gasteiger partial charge in [-0.15, -0.1) is 0 Å². The summed E-state index contributed by atoms with van der Waals surface area (Å²) in [6, 6.07) is 0. The molecule has 2 nitrogen and oxygen atoms in total. The zero-order valence-corrected chi connectivity index (χ0v) is 2.85. The van der Waals surface area contributed by atoms with Crippen LogP contribution >= 0.6 is 0 Å². The van der Waals surface area contributed by atoms with E-state index < -0.39 is 0 Å². The van der Waals surface area contributed by atoms with Crippen LogP contribution in [0.4, 0.5) is 0 Å². The molecule has 0 aromatic carbocycles. The fraction of sp³-hybridized carbons (Fsp3) is 1.00. The van der Waals surface area contributed by atoms with Crippen LogP contribution in [0.25, 0.3) is 0 Å². The summed E-state index contributed by atoms with van der Waals surface area (Å²) >= 11 is 0. The van der Waals surface area contributed by atoms with E-state index in [9.17, 15) is 4.70 Å². The molecule has 0 saturated heterocycles. The molecule has 3 heteroatoms. The van der Waals surface area contributed by atoms with Gasteiger partial charge in [0.15, 0.2) is 0 Å². The molecule has 0 saturated carbocycles. The van der Waals surface area contributed by atoms with Gasteiger partial charge in [0.05, 0.1) is 0 Å². The second-order valence-electron chi connectivity index (χ2n) is 0.679. The normalized spacial score (nSPS) is 6.60. The molecule has 0 bridgehead atoms. The van der Waals surface area contributed by atoms with Gasteiger partial charge in [0.25, 0.3) is 0 Å². The quantitative estimate of drug-likeness (QED) is 0.444. The first kappa shape index (κ1) is 4.82. The molecule has 0 radical (unpaired) electrons. The third kappa shape index (κ3) is 3.82. The van der Waals surface area contributed by atoms with Crippen LogP contribution in [0.1, 0.15) is 0 Å². The predicted octanol–water partition coefficient (Wildman–Crippen LogP) is -0.553. The Hall–Kier alpha value is -0.175. The zero-order valence-electron chi connectivity index (χ0n) is 2.85. The Bertz CT molecular complexity index is 28.8. The van der Waals surface area contributed by atoms with E-state index in [1.54, 1.807) is 0 Å². The van der Waals surface area contributed by atoms with Gasteiger partial charge in [-0.3, -0.25) is 0 Å². The topological polar surface area (TPSA) is 37.3 Å². The average Bonchev–Trinajstić information content (AvgIpc) is 1.41. The van der Waals surface area contributed by atoms with Crippen molar-refractivity contribution >= 4 is 7.15 Å². The standard InChI is InChI=1S/C2H5BO2/c4-2-1-3-5/h4H,1-2H2. The van der Waals surface area contributed by atoms with Gasteiger partial charge in [-0.2, -0.15) is 0 Å². The van der Waals surface area contributed by atoms with Crippen LogP contribution in [0.15, 0.2) is 0 Å². The molecule has 1 N–H and O–H groups in total. The van der Waals surface area contributed by atoms with Crippen LogP contribution in [0.5, 0.6) is 0 Å². The van der Waals surface area contributed by atoms with Crippen molar-refractivity contribution in [2.24, 2.45) is 0 Å². The van der Waals surface area contributed by atoms with Crippen molar-refractivity contribution < 1.29 is 9.81 Å². The van der Waals surface area contributed by atoms with Crippen molar-refractivity contribution in [1.29, 1.82) is 0 Å². The van der Waals surface area contributed by atoms with E-state index in [1.165, 1.54) is 0 Å². The van der Waals surface area contributed by atoms with Crippen molar-refractivity contribution in [3.63, 3.8) is 0 Å². The Morgan fingerprint density at radius 3 is 2.40 bits per heavy atom. The molecule has 0 aliphatic heterocycles. The van der Waals surface area contributed by atoms with Crippen LogP contribution in [-0.4, -0.2) is 18.9 Å². The summed E-state index contributed by atoms with van der Waals surface area (Å²) in [6.45, 7) is -0.0243. The fourth-order valence-corrected chi connectivity index (χ4v) is 0.0527. The van der Waals surface area contributed by atoms with E-state index in [2.05, 4.69) is 0 Å². The molecule has 0 fully saturated rings. The Labute approximate surface area is 31.1 Å². The van der Waals surface area contributed by atoms with Gasteiger partial charge in [0.2, 0.25) is 0 Å².